The van der Waals surface area contributed by atoms with Crippen LogP contribution in [-0.2, 0) is 20.0 Å². The molecular weight excluding hydrogens is 356 g/mol. The first-order valence-electron chi connectivity index (χ1n) is 7.21. The SMILES string of the molecule is COc1ccc(OC)c(S(=O)(=O)NCCN(C(C)C)S(C)(=O)=O)c1. The number of hydrogen-bond acceptors (Lipinski definition) is 6. The summed E-state index contributed by atoms with van der Waals surface area (Å²) in [5.41, 5.74) is 0. The van der Waals surface area contributed by atoms with Crippen LogP contribution in [0.4, 0.5) is 0 Å². The van der Waals surface area contributed by atoms with Gasteiger partial charge in [-0.15, -0.1) is 0 Å². The Balaban J connectivity index is 2.95. The van der Waals surface area contributed by atoms with Gasteiger partial charge in [0.05, 0.1) is 20.5 Å². The van der Waals surface area contributed by atoms with Gasteiger partial charge in [-0.25, -0.2) is 21.6 Å². The Morgan fingerprint density at radius 1 is 1.12 bits per heavy atom. The van der Waals surface area contributed by atoms with Crippen LogP contribution in [0.15, 0.2) is 23.1 Å². The van der Waals surface area contributed by atoms with E-state index in [1.54, 1.807) is 19.9 Å². The summed E-state index contributed by atoms with van der Waals surface area (Å²) in [6, 6.07) is 4.15. The summed E-state index contributed by atoms with van der Waals surface area (Å²) in [5, 5.41) is 0. The van der Waals surface area contributed by atoms with Crippen molar-refractivity contribution in [1.82, 2.24) is 9.03 Å². The number of sulfonamides is 2. The highest BCUT2D eigenvalue weighted by molar-refractivity contribution is 7.89. The molecule has 0 amide bonds. The first-order chi connectivity index (χ1) is 11.0. The molecule has 0 saturated heterocycles. The number of ether oxygens (including phenoxy) is 2. The van der Waals surface area contributed by atoms with Crippen LogP contribution in [0.25, 0.3) is 0 Å². The van der Waals surface area contributed by atoms with Gasteiger partial charge in [-0.05, 0) is 26.0 Å². The lowest BCUT2D eigenvalue weighted by molar-refractivity contribution is 0.359. The van der Waals surface area contributed by atoms with Crippen molar-refractivity contribution in [3.63, 3.8) is 0 Å². The Kier molecular flexibility index (Phi) is 7.02. The van der Waals surface area contributed by atoms with Crippen molar-refractivity contribution < 1.29 is 26.3 Å². The van der Waals surface area contributed by atoms with Crippen LogP contribution >= 0.6 is 0 Å². The molecule has 8 nitrogen and oxygen atoms in total. The predicted molar refractivity (Wildman–Crippen MR) is 91.4 cm³/mol. The molecule has 0 saturated carbocycles. The van der Waals surface area contributed by atoms with Crippen LogP contribution in [0.3, 0.4) is 0 Å². The van der Waals surface area contributed by atoms with E-state index in [1.165, 1.54) is 30.7 Å². The molecule has 0 spiro atoms. The number of nitrogens with zero attached hydrogens (tertiary/aromatic N) is 1. The van der Waals surface area contributed by atoms with Crippen molar-refractivity contribution in [3.8, 4) is 11.5 Å². The van der Waals surface area contributed by atoms with Crippen LogP contribution in [0, 0.1) is 0 Å². The number of hydrogen-bond donors (Lipinski definition) is 1. The number of benzene rings is 1. The van der Waals surface area contributed by atoms with Crippen molar-refractivity contribution in [2.45, 2.75) is 24.8 Å². The van der Waals surface area contributed by atoms with Crippen LogP contribution in [0.1, 0.15) is 13.8 Å². The molecule has 0 aliphatic rings. The van der Waals surface area contributed by atoms with E-state index in [0.717, 1.165) is 6.26 Å². The van der Waals surface area contributed by atoms with Gasteiger partial charge in [0.25, 0.3) is 0 Å². The summed E-state index contributed by atoms with van der Waals surface area (Å²) >= 11 is 0. The van der Waals surface area contributed by atoms with Gasteiger partial charge in [0.1, 0.15) is 16.4 Å². The average molecular weight is 380 g/mol. The minimum absolute atomic E-state index is 0.0298. The van der Waals surface area contributed by atoms with Crippen LogP contribution < -0.4 is 14.2 Å². The topological polar surface area (TPSA) is 102 Å². The molecule has 10 heteroatoms. The molecule has 0 unspecified atom stereocenters. The quantitative estimate of drug-likeness (QED) is 0.675. The Labute approximate surface area is 143 Å². The predicted octanol–water partition coefficient (Wildman–Crippen LogP) is 0.652. The Morgan fingerprint density at radius 3 is 2.21 bits per heavy atom. The number of nitrogens with one attached hydrogen (secondary N) is 1. The third-order valence-electron chi connectivity index (χ3n) is 3.29. The monoisotopic (exact) mass is 380 g/mol. The lowest BCUT2D eigenvalue weighted by atomic mass is 10.3. The second kappa shape index (κ2) is 8.15. The fraction of sp³-hybridized carbons (Fsp3) is 0.571. The van der Waals surface area contributed by atoms with Gasteiger partial charge in [-0.1, -0.05) is 0 Å². The van der Waals surface area contributed by atoms with Gasteiger partial charge < -0.3 is 9.47 Å². The van der Waals surface area contributed by atoms with E-state index >= 15 is 0 Å². The van der Waals surface area contributed by atoms with Crippen LogP contribution in [-0.4, -0.2) is 60.7 Å². The maximum absolute atomic E-state index is 12.5. The van der Waals surface area contributed by atoms with Gasteiger partial charge in [0.15, 0.2) is 0 Å². The van der Waals surface area contributed by atoms with Gasteiger partial charge in [-0.2, -0.15) is 4.31 Å². The Morgan fingerprint density at radius 2 is 1.75 bits per heavy atom. The number of methoxy groups -OCH3 is 2. The third-order valence-corrected chi connectivity index (χ3v) is 6.22. The molecule has 1 aromatic rings. The standard InChI is InChI=1S/C14H24N2O6S2/c1-11(2)16(23(5,17)18)9-8-15-24(19,20)14-10-12(21-3)6-7-13(14)22-4/h6-7,10-11,15H,8-9H2,1-5H3. The molecular formula is C14H24N2O6S2. The molecule has 1 aromatic carbocycles. The highest BCUT2D eigenvalue weighted by Gasteiger charge is 2.23. The van der Waals surface area contributed by atoms with Gasteiger partial charge in [0, 0.05) is 25.2 Å². The van der Waals surface area contributed by atoms with Crippen molar-refractivity contribution >= 4 is 20.0 Å². The van der Waals surface area contributed by atoms with Crippen LogP contribution in [0.5, 0.6) is 11.5 Å². The summed E-state index contributed by atoms with van der Waals surface area (Å²) in [7, 11) is -4.50. The molecule has 0 bridgehead atoms. The average Bonchev–Trinajstić information content (AvgIpc) is 2.49. The Hall–Kier alpha value is -1.36. The molecule has 138 valence electrons. The molecule has 0 aliphatic carbocycles. The summed E-state index contributed by atoms with van der Waals surface area (Å²) in [5.74, 6) is 0.545. The number of rotatable bonds is 9. The summed E-state index contributed by atoms with van der Waals surface area (Å²) in [4.78, 5) is -0.0696. The minimum Gasteiger partial charge on any atom is -0.497 e. The van der Waals surface area contributed by atoms with E-state index in [2.05, 4.69) is 4.72 Å². The van der Waals surface area contributed by atoms with Crippen molar-refractivity contribution in [2.75, 3.05) is 33.6 Å². The highest BCUT2D eigenvalue weighted by Crippen LogP contribution is 2.27. The van der Waals surface area contributed by atoms with Crippen molar-refractivity contribution in [2.24, 2.45) is 0 Å². The summed E-state index contributed by atoms with van der Waals surface area (Å²) in [6.45, 7) is 3.41. The Bertz CT molecular complexity index is 759. The molecule has 0 heterocycles. The van der Waals surface area contributed by atoms with Gasteiger partial charge >= 0.3 is 0 Å². The summed E-state index contributed by atoms with van der Waals surface area (Å²) in [6.07, 6.45) is 1.09. The molecule has 0 fully saturated rings. The molecule has 0 aromatic heterocycles. The van der Waals surface area contributed by atoms with E-state index < -0.39 is 20.0 Å². The second-order valence-electron chi connectivity index (χ2n) is 5.38. The largest absolute Gasteiger partial charge is 0.497 e. The van der Waals surface area contributed by atoms with Crippen LogP contribution in [0.2, 0.25) is 0 Å². The smallest absolute Gasteiger partial charge is 0.244 e. The molecule has 1 rings (SSSR count). The fourth-order valence-electron chi connectivity index (χ4n) is 2.17. The normalized spacial score (nSPS) is 12.6. The van der Waals surface area contributed by atoms with E-state index in [-0.39, 0.29) is 29.8 Å². The third kappa shape index (κ3) is 5.33. The highest BCUT2D eigenvalue weighted by atomic mass is 32.2. The lowest BCUT2D eigenvalue weighted by Gasteiger charge is -2.24. The molecule has 0 radical (unpaired) electrons. The van der Waals surface area contributed by atoms with Crippen molar-refractivity contribution in [3.05, 3.63) is 18.2 Å². The fourth-order valence-corrected chi connectivity index (χ4v) is 4.56. The summed E-state index contributed by atoms with van der Waals surface area (Å²) < 4.78 is 62.0. The van der Waals surface area contributed by atoms with Gasteiger partial charge in [-0.3, -0.25) is 0 Å². The molecule has 0 atom stereocenters. The zero-order chi connectivity index (χ0) is 18.5. The molecule has 24 heavy (non-hydrogen) atoms. The second-order valence-corrected chi connectivity index (χ2v) is 9.05. The van der Waals surface area contributed by atoms with E-state index in [1.807, 2.05) is 0 Å². The van der Waals surface area contributed by atoms with Crippen molar-refractivity contribution in [1.29, 1.82) is 0 Å². The first-order valence-corrected chi connectivity index (χ1v) is 10.5. The minimum atomic E-state index is -3.88. The maximum atomic E-state index is 12.5. The zero-order valence-corrected chi connectivity index (χ0v) is 16.1. The van der Waals surface area contributed by atoms with Gasteiger partial charge in [0.2, 0.25) is 20.0 Å². The van der Waals surface area contributed by atoms with E-state index in [4.69, 9.17) is 9.47 Å². The zero-order valence-electron chi connectivity index (χ0n) is 14.4. The lowest BCUT2D eigenvalue weighted by Crippen LogP contribution is -2.41. The van der Waals surface area contributed by atoms with E-state index in [0.29, 0.717) is 5.75 Å². The molecule has 0 aliphatic heterocycles. The van der Waals surface area contributed by atoms with E-state index in [9.17, 15) is 16.8 Å². The first kappa shape index (κ1) is 20.7. The molecule has 1 N–H and O–H groups in total. The maximum Gasteiger partial charge on any atom is 0.244 e.